The Balaban J connectivity index is 2.37. The number of benzene rings is 1. The van der Waals surface area contributed by atoms with Gasteiger partial charge in [-0.2, -0.15) is 0 Å². The van der Waals surface area contributed by atoms with Crippen molar-refractivity contribution in [3.05, 3.63) is 35.9 Å². The molecule has 19 heavy (non-hydrogen) atoms. The van der Waals surface area contributed by atoms with E-state index >= 15 is 0 Å². The summed E-state index contributed by atoms with van der Waals surface area (Å²) in [5, 5.41) is 12.1. The van der Waals surface area contributed by atoms with Gasteiger partial charge in [0.25, 0.3) is 0 Å². The largest absolute Gasteiger partial charge is 0.385 e. The standard InChI is InChI=1S/C16H27NO2/c1-5-15(13-9-7-6-8-10-13)19-12-14(18)11-17-16(2,3)4/h6-10,14-15,17-18H,5,11-12H2,1-4H3/p+1/t14-,15+/m0/s1. The summed E-state index contributed by atoms with van der Waals surface area (Å²) in [7, 11) is 0. The average molecular weight is 266 g/mol. The molecular weight excluding hydrogens is 238 g/mol. The quantitative estimate of drug-likeness (QED) is 0.791. The molecule has 0 aliphatic carbocycles. The lowest BCUT2D eigenvalue weighted by atomic mass is 10.1. The molecule has 108 valence electrons. The third-order valence-electron chi connectivity index (χ3n) is 3.03. The first-order valence-electron chi connectivity index (χ1n) is 7.11. The van der Waals surface area contributed by atoms with Crippen LogP contribution in [0, 0.1) is 0 Å². The second kappa shape index (κ2) is 7.63. The Morgan fingerprint density at radius 2 is 1.84 bits per heavy atom. The molecular formula is C16H28NO2+. The Morgan fingerprint density at radius 1 is 1.21 bits per heavy atom. The van der Waals surface area contributed by atoms with E-state index in [1.165, 1.54) is 5.56 Å². The molecule has 0 unspecified atom stereocenters. The minimum Gasteiger partial charge on any atom is -0.385 e. The molecule has 0 amide bonds. The summed E-state index contributed by atoms with van der Waals surface area (Å²) >= 11 is 0. The molecule has 0 aromatic heterocycles. The van der Waals surface area contributed by atoms with Gasteiger partial charge in [0.05, 0.1) is 18.2 Å². The van der Waals surface area contributed by atoms with Crippen molar-refractivity contribution in [2.75, 3.05) is 13.2 Å². The predicted molar refractivity (Wildman–Crippen MR) is 78.0 cm³/mol. The summed E-state index contributed by atoms with van der Waals surface area (Å²) in [5.74, 6) is 0. The molecule has 0 aliphatic heterocycles. The van der Waals surface area contributed by atoms with Gasteiger partial charge in [0.1, 0.15) is 12.6 Å². The first-order chi connectivity index (χ1) is 8.92. The highest BCUT2D eigenvalue weighted by Crippen LogP contribution is 2.20. The monoisotopic (exact) mass is 266 g/mol. The van der Waals surface area contributed by atoms with Gasteiger partial charge >= 0.3 is 0 Å². The number of aliphatic hydroxyl groups excluding tert-OH is 1. The van der Waals surface area contributed by atoms with E-state index in [0.717, 1.165) is 6.42 Å². The van der Waals surface area contributed by atoms with Gasteiger partial charge in [-0.1, -0.05) is 37.3 Å². The van der Waals surface area contributed by atoms with Crippen LogP contribution in [0.2, 0.25) is 0 Å². The van der Waals surface area contributed by atoms with E-state index in [4.69, 9.17) is 4.74 Å². The minimum absolute atomic E-state index is 0.0745. The molecule has 2 atom stereocenters. The van der Waals surface area contributed by atoms with Gasteiger partial charge in [0, 0.05) is 0 Å². The predicted octanol–water partition coefficient (Wildman–Crippen LogP) is 1.88. The highest BCUT2D eigenvalue weighted by molar-refractivity contribution is 5.17. The maximum atomic E-state index is 9.95. The fourth-order valence-electron chi connectivity index (χ4n) is 1.90. The summed E-state index contributed by atoms with van der Waals surface area (Å²) in [6, 6.07) is 10.2. The van der Waals surface area contributed by atoms with Gasteiger partial charge in [0.15, 0.2) is 0 Å². The first kappa shape index (κ1) is 16.2. The highest BCUT2D eigenvalue weighted by Gasteiger charge is 2.18. The van der Waals surface area contributed by atoms with Crippen LogP contribution in [0.1, 0.15) is 45.8 Å². The van der Waals surface area contributed by atoms with Crippen LogP contribution in [0.15, 0.2) is 30.3 Å². The molecule has 0 aliphatic rings. The normalized spacial score (nSPS) is 15.2. The molecule has 0 radical (unpaired) electrons. The Bertz CT molecular complexity index is 346. The minimum atomic E-state index is -0.419. The van der Waals surface area contributed by atoms with Crippen molar-refractivity contribution in [3.8, 4) is 0 Å². The number of nitrogens with two attached hydrogens (primary N) is 1. The van der Waals surface area contributed by atoms with Gasteiger partial charge in [-0.3, -0.25) is 0 Å². The molecule has 3 N–H and O–H groups in total. The van der Waals surface area contributed by atoms with Crippen molar-refractivity contribution >= 4 is 0 Å². The van der Waals surface area contributed by atoms with Crippen LogP contribution in [0.25, 0.3) is 0 Å². The number of aliphatic hydroxyl groups is 1. The molecule has 0 spiro atoms. The number of hydrogen-bond donors (Lipinski definition) is 2. The lowest BCUT2D eigenvalue weighted by molar-refractivity contribution is -0.722. The van der Waals surface area contributed by atoms with Crippen LogP contribution in [0.4, 0.5) is 0 Å². The van der Waals surface area contributed by atoms with E-state index in [1.807, 2.05) is 18.2 Å². The summed E-state index contributed by atoms with van der Waals surface area (Å²) in [6.45, 7) is 9.58. The molecule has 1 rings (SSSR count). The number of ether oxygens (including phenoxy) is 1. The summed E-state index contributed by atoms with van der Waals surface area (Å²) in [4.78, 5) is 0. The van der Waals surface area contributed by atoms with E-state index in [9.17, 15) is 5.11 Å². The smallest absolute Gasteiger partial charge is 0.126 e. The molecule has 0 fully saturated rings. The lowest BCUT2D eigenvalue weighted by Gasteiger charge is -2.21. The average Bonchev–Trinajstić information content (AvgIpc) is 2.37. The van der Waals surface area contributed by atoms with Crippen molar-refractivity contribution < 1.29 is 15.2 Å². The van der Waals surface area contributed by atoms with Crippen LogP contribution < -0.4 is 5.32 Å². The van der Waals surface area contributed by atoms with Gasteiger partial charge in [-0.05, 0) is 32.8 Å². The Kier molecular flexibility index (Phi) is 6.49. The summed E-state index contributed by atoms with van der Waals surface area (Å²) < 4.78 is 5.83. The maximum Gasteiger partial charge on any atom is 0.126 e. The highest BCUT2D eigenvalue weighted by atomic mass is 16.5. The molecule has 3 nitrogen and oxygen atoms in total. The molecule has 0 saturated heterocycles. The Hall–Kier alpha value is -0.900. The van der Waals surface area contributed by atoms with Crippen LogP contribution >= 0.6 is 0 Å². The van der Waals surface area contributed by atoms with Gasteiger partial charge in [0.2, 0.25) is 0 Å². The van der Waals surface area contributed by atoms with E-state index in [2.05, 4.69) is 45.1 Å². The molecule has 1 aromatic rings. The number of quaternary nitrogens is 1. The number of rotatable bonds is 7. The Morgan fingerprint density at radius 3 is 2.37 bits per heavy atom. The van der Waals surface area contributed by atoms with Crippen LogP contribution in [0.5, 0.6) is 0 Å². The number of hydrogen-bond acceptors (Lipinski definition) is 2. The van der Waals surface area contributed by atoms with Gasteiger partial charge in [-0.25, -0.2) is 0 Å². The SMILES string of the molecule is CC[C@@H](OC[C@@H](O)C[NH2+]C(C)(C)C)c1ccccc1. The van der Waals surface area contributed by atoms with E-state index in [-0.39, 0.29) is 11.6 Å². The molecule has 1 aromatic carbocycles. The first-order valence-corrected chi connectivity index (χ1v) is 7.11. The third-order valence-corrected chi connectivity index (χ3v) is 3.03. The van der Waals surface area contributed by atoms with Crippen molar-refractivity contribution in [1.82, 2.24) is 0 Å². The Labute approximate surface area is 117 Å². The lowest BCUT2D eigenvalue weighted by Crippen LogP contribution is -2.96. The van der Waals surface area contributed by atoms with E-state index in [0.29, 0.717) is 13.2 Å². The van der Waals surface area contributed by atoms with Crippen LogP contribution in [0.3, 0.4) is 0 Å². The zero-order valence-corrected chi connectivity index (χ0v) is 12.6. The molecule has 0 saturated carbocycles. The van der Waals surface area contributed by atoms with Crippen molar-refractivity contribution in [1.29, 1.82) is 0 Å². The van der Waals surface area contributed by atoms with Crippen molar-refractivity contribution in [2.45, 2.75) is 51.9 Å². The van der Waals surface area contributed by atoms with Gasteiger partial charge < -0.3 is 15.2 Å². The van der Waals surface area contributed by atoms with Gasteiger partial charge in [-0.15, -0.1) is 0 Å². The molecule has 3 heteroatoms. The summed E-state index contributed by atoms with van der Waals surface area (Å²) in [6.07, 6.45) is 0.571. The topological polar surface area (TPSA) is 46.1 Å². The van der Waals surface area contributed by atoms with E-state index in [1.54, 1.807) is 0 Å². The van der Waals surface area contributed by atoms with Crippen LogP contribution in [-0.4, -0.2) is 29.9 Å². The van der Waals surface area contributed by atoms with Crippen molar-refractivity contribution in [2.24, 2.45) is 0 Å². The zero-order chi connectivity index (χ0) is 14.3. The maximum absolute atomic E-state index is 9.95. The van der Waals surface area contributed by atoms with Crippen LogP contribution in [-0.2, 0) is 4.74 Å². The second-order valence-corrected chi connectivity index (χ2v) is 6.10. The molecule has 0 heterocycles. The van der Waals surface area contributed by atoms with E-state index < -0.39 is 6.10 Å². The second-order valence-electron chi connectivity index (χ2n) is 6.10. The molecule has 0 bridgehead atoms. The zero-order valence-electron chi connectivity index (χ0n) is 12.6. The fraction of sp³-hybridized carbons (Fsp3) is 0.625. The van der Waals surface area contributed by atoms with Crippen molar-refractivity contribution in [3.63, 3.8) is 0 Å². The third kappa shape index (κ3) is 6.71. The fourth-order valence-corrected chi connectivity index (χ4v) is 1.90. The summed E-state index contributed by atoms with van der Waals surface area (Å²) in [5.41, 5.74) is 1.32.